The Labute approximate surface area is 235 Å². The average Bonchev–Trinajstić information content (AvgIpc) is 3.17. The van der Waals surface area contributed by atoms with Crippen LogP contribution < -0.4 is 15.4 Å². The Kier molecular flexibility index (Phi) is 8.39. The van der Waals surface area contributed by atoms with E-state index in [1.54, 1.807) is 18.2 Å². The Morgan fingerprint density at radius 3 is 2.55 bits per heavy atom. The summed E-state index contributed by atoms with van der Waals surface area (Å²) in [6.07, 6.45) is -0.697. The van der Waals surface area contributed by atoms with Crippen LogP contribution in [0.25, 0.3) is 11.3 Å². The number of aromatic nitrogens is 2. The van der Waals surface area contributed by atoms with Crippen molar-refractivity contribution in [3.05, 3.63) is 59.9 Å². The van der Waals surface area contributed by atoms with Gasteiger partial charge in [-0.15, -0.1) is 0 Å². The lowest BCUT2D eigenvalue weighted by Crippen LogP contribution is -2.40. The van der Waals surface area contributed by atoms with Gasteiger partial charge in [0.05, 0.1) is 12.3 Å². The zero-order valence-electron chi connectivity index (χ0n) is 23.8. The minimum absolute atomic E-state index is 0.0512. The molecule has 1 aliphatic heterocycles. The lowest BCUT2D eigenvalue weighted by Gasteiger charge is -2.36. The van der Waals surface area contributed by atoms with Crippen LogP contribution in [0.3, 0.4) is 0 Å². The smallest absolute Gasteiger partial charge is 0.262 e. The van der Waals surface area contributed by atoms with Gasteiger partial charge in [-0.3, -0.25) is 0 Å². The number of anilines is 2. The van der Waals surface area contributed by atoms with E-state index >= 15 is 0 Å². The number of halogens is 1. The van der Waals surface area contributed by atoms with Crippen LogP contribution in [0.5, 0.6) is 5.75 Å². The summed E-state index contributed by atoms with van der Waals surface area (Å²) in [4.78, 5) is 10.9. The molecule has 4 rings (SSSR count). The summed E-state index contributed by atoms with van der Waals surface area (Å²) < 4.78 is 47.9. The molecular weight excluding hydrogens is 533 g/mol. The fourth-order valence-corrected chi connectivity index (χ4v) is 6.25. The zero-order chi connectivity index (χ0) is 29.4. The van der Waals surface area contributed by atoms with E-state index in [2.05, 4.69) is 30.7 Å². The van der Waals surface area contributed by atoms with Crippen LogP contribution in [0.4, 0.5) is 16.0 Å². The number of hydrogen-bond acceptors (Lipinski definition) is 8. The van der Waals surface area contributed by atoms with Gasteiger partial charge in [-0.05, 0) is 68.5 Å². The second-order valence-corrected chi connectivity index (χ2v) is 13.5. The predicted molar refractivity (Wildman–Crippen MR) is 154 cm³/mol. The van der Waals surface area contributed by atoms with Crippen molar-refractivity contribution in [2.45, 2.75) is 57.8 Å². The molecule has 9 nitrogen and oxygen atoms in total. The van der Waals surface area contributed by atoms with Crippen molar-refractivity contribution in [3.8, 4) is 17.0 Å². The summed E-state index contributed by atoms with van der Waals surface area (Å²) in [5.41, 5.74) is 6.67. The van der Waals surface area contributed by atoms with Gasteiger partial charge >= 0.3 is 0 Å². The Hall–Kier alpha value is -3.28. The van der Waals surface area contributed by atoms with E-state index in [-0.39, 0.29) is 22.3 Å². The fraction of sp³-hybridized carbons (Fsp3) is 0.448. The maximum absolute atomic E-state index is 14.6. The molecule has 2 atom stereocenters. The Balaban J connectivity index is 1.80. The quantitative estimate of drug-likeness (QED) is 0.350. The van der Waals surface area contributed by atoms with Gasteiger partial charge in [0, 0.05) is 36.3 Å². The van der Waals surface area contributed by atoms with Gasteiger partial charge in [-0.2, -0.15) is 4.31 Å². The lowest BCUT2D eigenvalue weighted by atomic mass is 9.97. The standard InChI is InChI=1S/C29H38FN5O4S/c1-18(2)17-39-22-13-20(12-21(30)14-22)24-11-10-23(27(32-24)35-16-19(3)15-29(35,4)5)28(36)34(6)40(37,38)26-9-7-8-25(31)33-26/h7-14,18-19,28,36H,15-17H2,1-6H3,(H2,31,33)/t19-,28?/m0/s1. The normalized spacial score (nSPS) is 17.9. The molecule has 1 saturated heterocycles. The molecule has 1 unspecified atom stereocenters. The first-order valence-electron chi connectivity index (χ1n) is 13.3. The molecule has 0 radical (unpaired) electrons. The molecular formula is C29H38FN5O4S. The molecule has 11 heteroatoms. The molecule has 0 amide bonds. The van der Waals surface area contributed by atoms with Crippen LogP contribution in [-0.4, -0.2) is 53.5 Å². The second kappa shape index (κ2) is 11.3. The van der Waals surface area contributed by atoms with Gasteiger partial charge in [0.2, 0.25) is 0 Å². The number of aliphatic hydroxyl groups is 1. The highest BCUT2D eigenvalue weighted by molar-refractivity contribution is 7.89. The predicted octanol–water partition coefficient (Wildman–Crippen LogP) is 4.84. The van der Waals surface area contributed by atoms with Crippen LogP contribution in [0.2, 0.25) is 0 Å². The monoisotopic (exact) mass is 571 g/mol. The number of nitrogen functional groups attached to an aromatic ring is 1. The first-order valence-corrected chi connectivity index (χ1v) is 14.7. The number of nitrogens with zero attached hydrogens (tertiary/aromatic N) is 4. The van der Waals surface area contributed by atoms with Gasteiger partial charge in [0.15, 0.2) is 5.03 Å². The summed E-state index contributed by atoms with van der Waals surface area (Å²) in [5.74, 6) is 1.03. The van der Waals surface area contributed by atoms with E-state index < -0.39 is 22.1 Å². The van der Waals surface area contributed by atoms with Gasteiger partial charge < -0.3 is 20.5 Å². The van der Waals surface area contributed by atoms with Crippen LogP contribution in [0, 0.1) is 17.7 Å². The molecule has 2 aromatic heterocycles. The highest BCUT2D eigenvalue weighted by Gasteiger charge is 2.40. The molecule has 3 aromatic rings. The van der Waals surface area contributed by atoms with E-state index in [0.29, 0.717) is 47.5 Å². The Morgan fingerprint density at radius 2 is 1.93 bits per heavy atom. The fourth-order valence-electron chi connectivity index (χ4n) is 5.10. The maximum Gasteiger partial charge on any atom is 0.262 e. The van der Waals surface area contributed by atoms with Crippen molar-refractivity contribution in [3.63, 3.8) is 0 Å². The minimum Gasteiger partial charge on any atom is -0.493 e. The van der Waals surface area contributed by atoms with Crippen molar-refractivity contribution in [1.82, 2.24) is 14.3 Å². The number of pyridine rings is 2. The van der Waals surface area contributed by atoms with Crippen molar-refractivity contribution in [1.29, 1.82) is 0 Å². The number of ether oxygens (including phenoxy) is 1. The highest BCUT2D eigenvalue weighted by atomic mass is 32.2. The largest absolute Gasteiger partial charge is 0.493 e. The third-order valence-electron chi connectivity index (χ3n) is 7.00. The third-order valence-corrected chi connectivity index (χ3v) is 8.71. The summed E-state index contributed by atoms with van der Waals surface area (Å²) in [6.45, 7) is 11.4. The average molecular weight is 572 g/mol. The number of sulfonamides is 1. The highest BCUT2D eigenvalue weighted by Crippen LogP contribution is 2.41. The van der Waals surface area contributed by atoms with Gasteiger partial charge in [0.1, 0.15) is 29.4 Å². The summed E-state index contributed by atoms with van der Waals surface area (Å²) in [7, 11) is -2.91. The van der Waals surface area contributed by atoms with Crippen LogP contribution >= 0.6 is 0 Å². The molecule has 1 fully saturated rings. The third kappa shape index (κ3) is 6.21. The molecule has 3 heterocycles. The summed E-state index contributed by atoms with van der Waals surface area (Å²) >= 11 is 0. The SMILES string of the molecule is CC(C)COc1cc(F)cc(-c2ccc(C(O)N(C)S(=O)(=O)c3cccc(N)n3)c(N3C[C@@H](C)CC3(C)C)n2)c1. The second-order valence-electron chi connectivity index (χ2n) is 11.5. The first kappa shape index (κ1) is 29.7. The number of hydrogen-bond donors (Lipinski definition) is 2. The Bertz CT molecular complexity index is 1480. The molecule has 0 aliphatic carbocycles. The van der Waals surface area contributed by atoms with Crippen LogP contribution in [0.1, 0.15) is 52.8 Å². The summed E-state index contributed by atoms with van der Waals surface area (Å²) in [6, 6.07) is 12.0. The van der Waals surface area contributed by atoms with Crippen LogP contribution in [0.15, 0.2) is 53.6 Å². The molecule has 0 bridgehead atoms. The number of rotatable bonds is 9. The number of aliphatic hydroxyl groups excluding tert-OH is 1. The lowest BCUT2D eigenvalue weighted by molar-refractivity contribution is 0.0780. The van der Waals surface area contributed by atoms with E-state index in [0.717, 1.165) is 10.7 Å². The molecule has 216 valence electrons. The van der Waals surface area contributed by atoms with Crippen molar-refractivity contribution >= 4 is 21.7 Å². The first-order chi connectivity index (χ1) is 18.7. The van der Waals surface area contributed by atoms with Crippen LogP contribution in [-0.2, 0) is 10.0 Å². The van der Waals surface area contributed by atoms with Gasteiger partial charge in [-0.25, -0.2) is 22.8 Å². The van der Waals surface area contributed by atoms with E-state index in [4.69, 9.17) is 15.5 Å². The molecule has 0 saturated carbocycles. The van der Waals surface area contributed by atoms with E-state index in [1.807, 2.05) is 13.8 Å². The molecule has 40 heavy (non-hydrogen) atoms. The molecule has 1 aliphatic rings. The topological polar surface area (TPSA) is 122 Å². The zero-order valence-corrected chi connectivity index (χ0v) is 24.6. The Morgan fingerprint density at radius 1 is 1.20 bits per heavy atom. The van der Waals surface area contributed by atoms with E-state index in [9.17, 15) is 17.9 Å². The number of benzene rings is 1. The molecule has 3 N–H and O–H groups in total. The minimum atomic E-state index is -4.20. The maximum atomic E-state index is 14.6. The van der Waals surface area contributed by atoms with Crippen molar-refractivity contribution < 1.29 is 22.7 Å². The summed E-state index contributed by atoms with van der Waals surface area (Å²) in [5, 5.41) is 11.2. The van der Waals surface area contributed by atoms with Gasteiger partial charge in [-0.1, -0.05) is 26.8 Å². The van der Waals surface area contributed by atoms with Crippen molar-refractivity contribution in [2.24, 2.45) is 11.8 Å². The van der Waals surface area contributed by atoms with Crippen molar-refractivity contribution in [2.75, 3.05) is 30.8 Å². The van der Waals surface area contributed by atoms with E-state index in [1.165, 1.54) is 37.4 Å². The number of nitrogens with two attached hydrogens (primary N) is 1. The van der Waals surface area contributed by atoms with Gasteiger partial charge in [0.25, 0.3) is 10.0 Å². The molecule has 0 spiro atoms. The molecule has 1 aromatic carbocycles.